The van der Waals surface area contributed by atoms with Crippen molar-refractivity contribution in [3.05, 3.63) is 72.4 Å². The van der Waals surface area contributed by atoms with Gasteiger partial charge in [-0.15, -0.1) is 0 Å². The molecule has 378 valence electrons. The van der Waals surface area contributed by atoms with Crippen LogP contribution in [0.25, 0.3) is 0 Å². The standard InChI is InChI=1S/C64H118N/c1-4-7-10-13-16-19-22-25-28-31-34-37-40-43-46-49-55-60-65(63-64-58-53-52-54-59-64,61-56-50-47-44-41-38-35-32-29-26-23-20-17-14-11-8-5-2)62-57-51-48-45-42-39-36-33-30-27-24-21-18-15-12-9-6-3/h4-9,52-54,58-59H,10-51,55-57,60-63H2,1-3H3/q+1/b7-4+,8-5+,9-6+. The number of quaternary nitrogens is 1. The zero-order valence-corrected chi connectivity index (χ0v) is 44.9. The molecule has 0 aliphatic heterocycles. The highest BCUT2D eigenvalue weighted by atomic mass is 15.3. The van der Waals surface area contributed by atoms with Crippen LogP contribution in [-0.2, 0) is 6.54 Å². The second kappa shape index (κ2) is 51.8. The molecule has 0 fully saturated rings. The molecule has 0 saturated heterocycles. The molecule has 0 N–H and O–H groups in total. The monoisotopic (exact) mass is 901 g/mol. The van der Waals surface area contributed by atoms with Crippen molar-refractivity contribution in [2.45, 2.75) is 316 Å². The van der Waals surface area contributed by atoms with Crippen molar-refractivity contribution in [3.8, 4) is 0 Å². The highest BCUT2D eigenvalue weighted by Crippen LogP contribution is 2.24. The quantitative estimate of drug-likeness (QED) is 0.0347. The molecule has 0 aromatic heterocycles. The van der Waals surface area contributed by atoms with E-state index < -0.39 is 0 Å². The molecule has 0 aliphatic rings. The summed E-state index contributed by atoms with van der Waals surface area (Å²) in [4.78, 5) is 0. The second-order valence-corrected chi connectivity index (χ2v) is 21.1. The second-order valence-electron chi connectivity index (χ2n) is 21.1. The molecule has 0 spiro atoms. The zero-order chi connectivity index (χ0) is 46.5. The van der Waals surface area contributed by atoms with E-state index in [0.29, 0.717) is 0 Å². The van der Waals surface area contributed by atoms with Gasteiger partial charge in [-0.1, -0.05) is 279 Å². The fraction of sp³-hybridized carbons (Fsp3) is 0.812. The third-order valence-corrected chi connectivity index (χ3v) is 14.8. The van der Waals surface area contributed by atoms with E-state index in [0.717, 1.165) is 0 Å². The van der Waals surface area contributed by atoms with Crippen LogP contribution >= 0.6 is 0 Å². The summed E-state index contributed by atoms with van der Waals surface area (Å²) in [7, 11) is 0. The van der Waals surface area contributed by atoms with Crippen LogP contribution in [0, 0.1) is 0 Å². The summed E-state index contributed by atoms with van der Waals surface area (Å²) in [5.41, 5.74) is 1.57. The lowest BCUT2D eigenvalue weighted by Crippen LogP contribution is -2.49. The summed E-state index contributed by atoms with van der Waals surface area (Å²) in [5.74, 6) is 0. The molecule has 0 radical (unpaired) electrons. The molecule has 1 aromatic rings. The molecule has 0 atom stereocenters. The Bertz CT molecular complexity index is 1010. The Kier molecular flexibility index (Phi) is 48.9. The Morgan fingerprint density at radius 1 is 0.262 bits per heavy atom. The Morgan fingerprint density at radius 2 is 0.462 bits per heavy atom. The molecule has 0 bridgehead atoms. The average Bonchev–Trinajstić information content (AvgIpc) is 3.32. The van der Waals surface area contributed by atoms with Gasteiger partial charge in [-0.3, -0.25) is 0 Å². The highest BCUT2D eigenvalue weighted by Gasteiger charge is 2.26. The van der Waals surface area contributed by atoms with Gasteiger partial charge in [-0.2, -0.15) is 0 Å². The van der Waals surface area contributed by atoms with Crippen molar-refractivity contribution in [1.82, 2.24) is 0 Å². The smallest absolute Gasteiger partial charge is 0.104 e. The van der Waals surface area contributed by atoms with Crippen LogP contribution in [0.1, 0.15) is 315 Å². The first-order chi connectivity index (χ1) is 32.3. The Hall–Kier alpha value is -1.60. The Balaban J connectivity index is 2.45. The van der Waals surface area contributed by atoms with Gasteiger partial charge in [0.1, 0.15) is 6.54 Å². The molecular formula is C64H118N+. The van der Waals surface area contributed by atoms with E-state index in [-0.39, 0.29) is 0 Å². The highest BCUT2D eigenvalue weighted by molar-refractivity contribution is 5.13. The van der Waals surface area contributed by atoms with Crippen LogP contribution in [0.3, 0.4) is 0 Å². The number of allylic oxidation sites excluding steroid dienone is 6. The number of rotatable bonds is 53. The van der Waals surface area contributed by atoms with E-state index in [1.165, 1.54) is 320 Å². The van der Waals surface area contributed by atoms with Crippen LogP contribution < -0.4 is 0 Å². The number of hydrogen-bond donors (Lipinski definition) is 0. The molecule has 1 rings (SSSR count). The first kappa shape index (κ1) is 61.4. The van der Waals surface area contributed by atoms with Crippen LogP contribution in [-0.4, -0.2) is 24.1 Å². The van der Waals surface area contributed by atoms with Gasteiger partial charge >= 0.3 is 0 Å². The van der Waals surface area contributed by atoms with Crippen molar-refractivity contribution in [2.75, 3.05) is 19.6 Å². The van der Waals surface area contributed by atoms with E-state index in [2.05, 4.69) is 87.6 Å². The van der Waals surface area contributed by atoms with Crippen LogP contribution in [0.2, 0.25) is 0 Å². The van der Waals surface area contributed by atoms with Crippen LogP contribution in [0.4, 0.5) is 0 Å². The van der Waals surface area contributed by atoms with Crippen LogP contribution in [0.15, 0.2) is 66.8 Å². The van der Waals surface area contributed by atoms with Gasteiger partial charge in [0.05, 0.1) is 19.6 Å². The van der Waals surface area contributed by atoms with Gasteiger partial charge in [0.2, 0.25) is 0 Å². The van der Waals surface area contributed by atoms with Gasteiger partial charge in [0.25, 0.3) is 0 Å². The van der Waals surface area contributed by atoms with Crippen molar-refractivity contribution in [1.29, 1.82) is 0 Å². The van der Waals surface area contributed by atoms with E-state index in [9.17, 15) is 0 Å². The minimum Gasteiger partial charge on any atom is -0.320 e. The minimum absolute atomic E-state index is 1.25. The molecule has 0 amide bonds. The molecule has 1 aromatic carbocycles. The van der Waals surface area contributed by atoms with Crippen LogP contribution in [0.5, 0.6) is 0 Å². The zero-order valence-electron chi connectivity index (χ0n) is 44.9. The predicted molar refractivity (Wildman–Crippen MR) is 297 cm³/mol. The summed E-state index contributed by atoms with van der Waals surface area (Å²) < 4.78 is 1.35. The van der Waals surface area contributed by atoms with E-state index >= 15 is 0 Å². The van der Waals surface area contributed by atoms with Crippen molar-refractivity contribution < 1.29 is 4.48 Å². The predicted octanol–water partition coefficient (Wildman–Crippen LogP) is 22.3. The lowest BCUT2D eigenvalue weighted by molar-refractivity contribution is -0.941. The average molecular weight is 902 g/mol. The molecule has 0 saturated carbocycles. The molecule has 0 unspecified atom stereocenters. The molecule has 0 aliphatic carbocycles. The SMILES string of the molecule is C/C=C/CCCCCCCCCCCCCCCC[N+](CCCCCCCCCCCCCCCC/C=C/C)(CCCCCCCCCCCCCCCC/C=C/C)Cc1ccccc1. The van der Waals surface area contributed by atoms with E-state index in [4.69, 9.17) is 0 Å². The number of hydrogen-bond acceptors (Lipinski definition) is 0. The Labute approximate surface area is 410 Å². The van der Waals surface area contributed by atoms with Crippen molar-refractivity contribution in [2.24, 2.45) is 0 Å². The molecular weight excluding hydrogens is 783 g/mol. The molecule has 1 nitrogen and oxygen atoms in total. The third-order valence-electron chi connectivity index (χ3n) is 14.8. The fourth-order valence-corrected chi connectivity index (χ4v) is 10.5. The van der Waals surface area contributed by atoms with Gasteiger partial charge in [-0.05, 0) is 97.8 Å². The number of nitrogens with zero attached hydrogens (tertiary/aromatic N) is 1. The Morgan fingerprint density at radius 3 is 0.677 bits per heavy atom. The summed E-state index contributed by atoms with van der Waals surface area (Å²) in [6.45, 7) is 11.9. The van der Waals surface area contributed by atoms with Crippen molar-refractivity contribution >= 4 is 0 Å². The summed E-state index contributed by atoms with van der Waals surface area (Å²) in [6.07, 6.45) is 78.2. The third kappa shape index (κ3) is 44.7. The fourth-order valence-electron chi connectivity index (χ4n) is 10.5. The molecule has 0 heterocycles. The normalized spacial score (nSPS) is 12.3. The summed E-state index contributed by atoms with van der Waals surface area (Å²) >= 11 is 0. The maximum absolute atomic E-state index is 2.43. The van der Waals surface area contributed by atoms with Crippen molar-refractivity contribution in [3.63, 3.8) is 0 Å². The molecule has 65 heavy (non-hydrogen) atoms. The van der Waals surface area contributed by atoms with E-state index in [1.54, 1.807) is 5.56 Å². The van der Waals surface area contributed by atoms with E-state index in [1.807, 2.05) is 0 Å². The van der Waals surface area contributed by atoms with Gasteiger partial charge in [-0.25, -0.2) is 0 Å². The first-order valence-electron chi connectivity index (χ1n) is 30.0. The summed E-state index contributed by atoms with van der Waals surface area (Å²) in [6, 6.07) is 11.7. The van der Waals surface area contributed by atoms with Gasteiger partial charge in [0, 0.05) is 5.56 Å². The maximum Gasteiger partial charge on any atom is 0.104 e. The molecule has 1 heteroatoms. The van der Waals surface area contributed by atoms with Gasteiger partial charge in [0.15, 0.2) is 0 Å². The number of benzene rings is 1. The lowest BCUT2D eigenvalue weighted by Gasteiger charge is -2.39. The first-order valence-corrected chi connectivity index (χ1v) is 30.0. The van der Waals surface area contributed by atoms with Gasteiger partial charge < -0.3 is 4.48 Å². The largest absolute Gasteiger partial charge is 0.320 e. The lowest BCUT2D eigenvalue weighted by atomic mass is 10.0. The topological polar surface area (TPSA) is 0 Å². The summed E-state index contributed by atoms with van der Waals surface area (Å²) in [5, 5.41) is 0. The maximum atomic E-state index is 2.43. The minimum atomic E-state index is 1.25. The number of unbranched alkanes of at least 4 members (excludes halogenated alkanes) is 42.